The van der Waals surface area contributed by atoms with E-state index in [-0.39, 0.29) is 0 Å². The third-order valence-electron chi connectivity index (χ3n) is 3.67. The summed E-state index contributed by atoms with van der Waals surface area (Å²) >= 11 is 1.63. The van der Waals surface area contributed by atoms with Gasteiger partial charge in [-0.1, -0.05) is 0 Å². The number of H-pyrrole nitrogens is 1. The Morgan fingerprint density at radius 1 is 1.27 bits per heavy atom. The predicted octanol–water partition coefficient (Wildman–Crippen LogP) is 1.88. The van der Waals surface area contributed by atoms with Crippen molar-refractivity contribution in [3.8, 4) is 0 Å². The SMILES string of the molecule is Cc1cc(Nc2nc(N3CCNCC3)nc3sccc23)n[nH]1. The van der Waals surface area contributed by atoms with Crippen molar-refractivity contribution < 1.29 is 0 Å². The molecule has 3 aromatic heterocycles. The number of fused-ring (bicyclic) bond motifs is 1. The van der Waals surface area contributed by atoms with Crippen molar-refractivity contribution >= 4 is 39.1 Å². The Morgan fingerprint density at radius 3 is 2.91 bits per heavy atom. The molecular weight excluding hydrogens is 298 g/mol. The molecule has 0 saturated carbocycles. The van der Waals surface area contributed by atoms with Crippen LogP contribution in [0.3, 0.4) is 0 Å². The molecule has 0 radical (unpaired) electrons. The minimum atomic E-state index is 0.773. The zero-order valence-electron chi connectivity index (χ0n) is 12.3. The molecule has 4 rings (SSSR count). The molecule has 0 atom stereocenters. The molecule has 0 amide bonds. The van der Waals surface area contributed by atoms with Gasteiger partial charge in [-0.25, -0.2) is 4.98 Å². The Balaban J connectivity index is 1.73. The monoisotopic (exact) mass is 315 g/mol. The highest BCUT2D eigenvalue weighted by Crippen LogP contribution is 2.29. The highest BCUT2D eigenvalue weighted by Gasteiger charge is 2.17. The smallest absolute Gasteiger partial charge is 0.228 e. The number of anilines is 3. The molecule has 0 unspecified atom stereocenters. The van der Waals surface area contributed by atoms with Crippen molar-refractivity contribution in [3.63, 3.8) is 0 Å². The summed E-state index contributed by atoms with van der Waals surface area (Å²) in [5, 5.41) is 16.9. The first kappa shape index (κ1) is 13.5. The second-order valence-corrected chi connectivity index (χ2v) is 6.20. The topological polar surface area (TPSA) is 81.8 Å². The molecule has 3 N–H and O–H groups in total. The minimum Gasteiger partial charge on any atom is -0.338 e. The second kappa shape index (κ2) is 5.54. The average molecular weight is 315 g/mol. The van der Waals surface area contributed by atoms with Gasteiger partial charge in [-0.05, 0) is 18.4 Å². The summed E-state index contributed by atoms with van der Waals surface area (Å²) in [6.45, 7) is 5.76. The number of aryl methyl sites for hydroxylation is 1. The minimum absolute atomic E-state index is 0.773. The van der Waals surface area contributed by atoms with Gasteiger partial charge >= 0.3 is 0 Å². The van der Waals surface area contributed by atoms with Crippen molar-refractivity contribution in [2.75, 3.05) is 36.4 Å². The van der Waals surface area contributed by atoms with Gasteiger partial charge in [0.05, 0.1) is 5.39 Å². The largest absolute Gasteiger partial charge is 0.338 e. The fourth-order valence-electron chi connectivity index (χ4n) is 2.55. The van der Waals surface area contributed by atoms with E-state index in [0.29, 0.717) is 0 Å². The summed E-state index contributed by atoms with van der Waals surface area (Å²) < 4.78 is 0. The molecule has 8 heteroatoms. The Bertz CT molecular complexity index is 787. The van der Waals surface area contributed by atoms with E-state index in [4.69, 9.17) is 9.97 Å². The van der Waals surface area contributed by atoms with Gasteiger partial charge in [-0.3, -0.25) is 5.10 Å². The van der Waals surface area contributed by atoms with Gasteiger partial charge in [-0.2, -0.15) is 10.1 Å². The lowest BCUT2D eigenvalue weighted by Crippen LogP contribution is -2.44. The lowest BCUT2D eigenvalue weighted by Gasteiger charge is -2.27. The molecule has 1 saturated heterocycles. The van der Waals surface area contributed by atoms with Crippen LogP contribution in [-0.4, -0.2) is 46.3 Å². The summed E-state index contributed by atoms with van der Waals surface area (Å²) in [5.74, 6) is 2.37. The Morgan fingerprint density at radius 2 is 2.14 bits per heavy atom. The number of aromatic nitrogens is 4. The van der Waals surface area contributed by atoms with Crippen molar-refractivity contribution in [1.82, 2.24) is 25.5 Å². The molecule has 0 aliphatic carbocycles. The van der Waals surface area contributed by atoms with Crippen LogP contribution in [0.2, 0.25) is 0 Å². The molecule has 1 aliphatic rings. The summed E-state index contributed by atoms with van der Waals surface area (Å²) in [6.07, 6.45) is 0. The molecule has 22 heavy (non-hydrogen) atoms. The number of nitrogens with zero attached hydrogens (tertiary/aromatic N) is 4. The number of hydrogen-bond acceptors (Lipinski definition) is 7. The van der Waals surface area contributed by atoms with E-state index < -0.39 is 0 Å². The van der Waals surface area contributed by atoms with Crippen molar-refractivity contribution in [1.29, 1.82) is 0 Å². The van der Waals surface area contributed by atoms with E-state index in [1.54, 1.807) is 11.3 Å². The summed E-state index contributed by atoms with van der Waals surface area (Å²) in [4.78, 5) is 12.7. The maximum Gasteiger partial charge on any atom is 0.228 e. The zero-order chi connectivity index (χ0) is 14.9. The first-order valence-electron chi connectivity index (χ1n) is 7.29. The number of thiophene rings is 1. The van der Waals surface area contributed by atoms with E-state index in [2.05, 4.69) is 25.7 Å². The van der Waals surface area contributed by atoms with E-state index in [0.717, 1.165) is 59.7 Å². The fraction of sp³-hybridized carbons (Fsp3) is 0.357. The van der Waals surface area contributed by atoms with Gasteiger partial charge in [0, 0.05) is 37.9 Å². The summed E-state index contributed by atoms with van der Waals surface area (Å²) in [5.41, 5.74) is 1.01. The number of rotatable bonds is 3. The van der Waals surface area contributed by atoms with Gasteiger partial charge < -0.3 is 15.5 Å². The van der Waals surface area contributed by atoms with Crippen LogP contribution < -0.4 is 15.5 Å². The standard InChI is InChI=1S/C14H17N7S/c1-9-8-11(20-19-9)16-12-10-2-7-22-13(10)18-14(17-12)21-5-3-15-4-6-21/h2,7-8,15H,3-6H2,1H3,(H2,16,17,18,19,20). The molecule has 1 fully saturated rings. The van der Waals surface area contributed by atoms with Gasteiger partial charge in [0.2, 0.25) is 5.95 Å². The average Bonchev–Trinajstić information content (AvgIpc) is 3.17. The molecule has 7 nitrogen and oxygen atoms in total. The van der Waals surface area contributed by atoms with Crippen LogP contribution in [0.25, 0.3) is 10.2 Å². The number of aromatic amines is 1. The Kier molecular flexibility index (Phi) is 3.39. The van der Waals surface area contributed by atoms with E-state index in [9.17, 15) is 0 Å². The molecule has 0 spiro atoms. The fourth-order valence-corrected chi connectivity index (χ4v) is 3.31. The molecule has 4 heterocycles. The van der Waals surface area contributed by atoms with Gasteiger partial charge in [0.1, 0.15) is 10.6 Å². The highest BCUT2D eigenvalue weighted by molar-refractivity contribution is 7.16. The van der Waals surface area contributed by atoms with Crippen LogP contribution in [0.4, 0.5) is 17.6 Å². The molecular formula is C14H17N7S. The lowest BCUT2D eigenvalue weighted by molar-refractivity contribution is 0.581. The van der Waals surface area contributed by atoms with Crippen LogP contribution in [0.1, 0.15) is 5.69 Å². The lowest BCUT2D eigenvalue weighted by atomic mass is 10.3. The zero-order valence-corrected chi connectivity index (χ0v) is 13.1. The molecule has 0 aromatic carbocycles. The Hall–Kier alpha value is -2.19. The van der Waals surface area contributed by atoms with Crippen LogP contribution in [-0.2, 0) is 0 Å². The van der Waals surface area contributed by atoms with E-state index in [1.165, 1.54) is 0 Å². The maximum atomic E-state index is 4.73. The van der Waals surface area contributed by atoms with Gasteiger partial charge in [0.15, 0.2) is 5.82 Å². The highest BCUT2D eigenvalue weighted by atomic mass is 32.1. The first-order valence-corrected chi connectivity index (χ1v) is 8.17. The predicted molar refractivity (Wildman–Crippen MR) is 89.1 cm³/mol. The van der Waals surface area contributed by atoms with Crippen molar-refractivity contribution in [2.24, 2.45) is 0 Å². The molecule has 3 aromatic rings. The molecule has 114 valence electrons. The van der Waals surface area contributed by atoms with Crippen molar-refractivity contribution in [3.05, 3.63) is 23.2 Å². The van der Waals surface area contributed by atoms with Gasteiger partial charge in [-0.15, -0.1) is 11.3 Å². The van der Waals surface area contributed by atoms with Crippen LogP contribution >= 0.6 is 11.3 Å². The number of piperazine rings is 1. The third kappa shape index (κ3) is 2.51. The summed E-state index contributed by atoms with van der Waals surface area (Å²) in [7, 11) is 0. The number of nitrogens with one attached hydrogen (secondary N) is 3. The second-order valence-electron chi connectivity index (χ2n) is 5.31. The quantitative estimate of drug-likeness (QED) is 0.684. The van der Waals surface area contributed by atoms with E-state index in [1.807, 2.05) is 24.4 Å². The van der Waals surface area contributed by atoms with Crippen LogP contribution in [0, 0.1) is 6.92 Å². The number of hydrogen-bond donors (Lipinski definition) is 3. The normalized spacial score (nSPS) is 15.4. The Labute approximate surface area is 131 Å². The van der Waals surface area contributed by atoms with Crippen LogP contribution in [0.15, 0.2) is 17.5 Å². The van der Waals surface area contributed by atoms with Gasteiger partial charge in [0.25, 0.3) is 0 Å². The van der Waals surface area contributed by atoms with Crippen molar-refractivity contribution in [2.45, 2.75) is 6.92 Å². The van der Waals surface area contributed by atoms with Crippen LogP contribution in [0.5, 0.6) is 0 Å². The maximum absolute atomic E-state index is 4.73. The first-order chi connectivity index (χ1) is 10.8. The molecule has 0 bridgehead atoms. The van der Waals surface area contributed by atoms with E-state index >= 15 is 0 Å². The molecule has 1 aliphatic heterocycles. The third-order valence-corrected chi connectivity index (χ3v) is 4.47. The summed E-state index contributed by atoms with van der Waals surface area (Å²) in [6, 6.07) is 4.01.